The molecule has 2 heteroatoms. The van der Waals surface area contributed by atoms with E-state index < -0.39 is 0 Å². The molecule has 0 aromatic heterocycles. The van der Waals surface area contributed by atoms with Crippen molar-refractivity contribution in [2.45, 2.75) is 79.1 Å². The first-order chi connectivity index (χ1) is 9.78. The van der Waals surface area contributed by atoms with Crippen LogP contribution in [0.1, 0.15) is 79.1 Å². The van der Waals surface area contributed by atoms with Gasteiger partial charge < -0.3 is 0 Å². The molecular weight excluding hydrogens is 278 g/mol. The monoisotopic (exact) mass is 318 g/mol. The number of hydrogen-bond donors (Lipinski definition) is 0. The van der Waals surface area contributed by atoms with Crippen molar-refractivity contribution in [2.24, 2.45) is 0 Å². The molecule has 0 atom stereocenters. The maximum atomic E-state index is 2.36. The lowest BCUT2D eigenvalue weighted by molar-refractivity contribution is 0.705. The molecule has 0 fully saturated rings. The average molecular weight is 318 g/mol. The normalized spacial score (nSPS) is 11.7. The second-order valence-electron chi connectivity index (χ2n) is 6.10. The van der Waals surface area contributed by atoms with Crippen LogP contribution in [0.4, 0.5) is 0 Å². The van der Waals surface area contributed by atoms with E-state index in [0.717, 1.165) is 0 Å². The summed E-state index contributed by atoms with van der Waals surface area (Å²) in [6.07, 6.45) is 20.9. The molecule has 0 saturated heterocycles. The van der Waals surface area contributed by atoms with Crippen LogP contribution in [0, 0.1) is 0 Å². The van der Waals surface area contributed by atoms with E-state index in [9.17, 15) is 0 Å². The smallest absolute Gasteiger partial charge is 0.0326 e. The average Bonchev–Trinajstić information content (AvgIpc) is 2.43. The van der Waals surface area contributed by atoms with Gasteiger partial charge in [0, 0.05) is 0 Å². The quantitative estimate of drug-likeness (QED) is 0.222. The molecule has 0 aliphatic heterocycles. The molecular formula is C18H40P2. The minimum Gasteiger partial charge on any atom is -0.107 e. The molecule has 0 aromatic carbocycles. The second kappa shape index (κ2) is 16.2. The van der Waals surface area contributed by atoms with Gasteiger partial charge in [-0.15, -0.1) is 15.8 Å². The molecule has 0 bridgehead atoms. The van der Waals surface area contributed by atoms with Gasteiger partial charge in [0.15, 0.2) is 0 Å². The van der Waals surface area contributed by atoms with Gasteiger partial charge in [-0.2, -0.15) is 0 Å². The SMILES string of the molecule is CCCP(CCC)CCCCCCP(CCC)CCC. The third-order valence-electron chi connectivity index (χ3n) is 3.86. The Morgan fingerprint density at radius 1 is 0.400 bits per heavy atom. The zero-order chi connectivity index (χ0) is 15.1. The maximum absolute atomic E-state index is 2.36. The van der Waals surface area contributed by atoms with E-state index >= 15 is 0 Å². The maximum Gasteiger partial charge on any atom is -0.0326 e. The molecule has 0 spiro atoms. The van der Waals surface area contributed by atoms with Crippen LogP contribution in [0.2, 0.25) is 0 Å². The summed E-state index contributed by atoms with van der Waals surface area (Å²) in [7, 11) is 0.797. The van der Waals surface area contributed by atoms with Gasteiger partial charge in [-0.25, -0.2) is 0 Å². The summed E-state index contributed by atoms with van der Waals surface area (Å²) >= 11 is 0. The molecule has 20 heavy (non-hydrogen) atoms. The first kappa shape index (κ1) is 20.9. The van der Waals surface area contributed by atoms with E-state index in [1.165, 1.54) is 76.0 Å². The fraction of sp³-hybridized carbons (Fsp3) is 1.00. The molecule has 0 unspecified atom stereocenters. The topological polar surface area (TPSA) is 0 Å². The molecule has 0 aliphatic rings. The molecule has 0 nitrogen and oxygen atoms in total. The Bertz CT molecular complexity index is 150. The standard InChI is InChI=1S/C18H40P2/c1-5-13-19(14-6-2)17-11-9-10-12-18-20(15-7-3)16-8-4/h5-18H2,1-4H3. The summed E-state index contributed by atoms with van der Waals surface area (Å²) in [6, 6.07) is 0. The van der Waals surface area contributed by atoms with E-state index in [4.69, 9.17) is 0 Å². The molecule has 0 aromatic rings. The Kier molecular flexibility index (Phi) is 16.9. The van der Waals surface area contributed by atoms with Crippen LogP contribution in [0.15, 0.2) is 0 Å². The van der Waals surface area contributed by atoms with Crippen molar-refractivity contribution in [3.63, 3.8) is 0 Å². The Morgan fingerprint density at radius 2 is 0.700 bits per heavy atom. The van der Waals surface area contributed by atoms with Crippen molar-refractivity contribution in [2.75, 3.05) is 37.0 Å². The molecule has 0 rings (SSSR count). The van der Waals surface area contributed by atoms with Gasteiger partial charge in [-0.3, -0.25) is 0 Å². The van der Waals surface area contributed by atoms with Crippen molar-refractivity contribution < 1.29 is 0 Å². The first-order valence-electron chi connectivity index (χ1n) is 9.23. The molecule has 0 amide bonds. The van der Waals surface area contributed by atoms with Crippen molar-refractivity contribution in [3.8, 4) is 0 Å². The highest BCUT2D eigenvalue weighted by atomic mass is 31.1. The second-order valence-corrected chi connectivity index (χ2v) is 11.5. The Balaban J connectivity index is 3.53. The van der Waals surface area contributed by atoms with E-state index in [0.29, 0.717) is 15.8 Å². The summed E-state index contributed by atoms with van der Waals surface area (Å²) in [5.41, 5.74) is 0. The van der Waals surface area contributed by atoms with Gasteiger partial charge in [0.05, 0.1) is 0 Å². The number of hydrogen-bond acceptors (Lipinski definition) is 0. The van der Waals surface area contributed by atoms with E-state index in [-0.39, 0.29) is 0 Å². The van der Waals surface area contributed by atoms with Crippen LogP contribution in [0.25, 0.3) is 0 Å². The summed E-state index contributed by atoms with van der Waals surface area (Å²) < 4.78 is 0. The minimum absolute atomic E-state index is 0.398. The molecule has 0 heterocycles. The molecule has 122 valence electrons. The summed E-state index contributed by atoms with van der Waals surface area (Å²) in [6.45, 7) is 9.42. The number of rotatable bonds is 15. The summed E-state index contributed by atoms with van der Waals surface area (Å²) in [4.78, 5) is 0. The molecule has 0 saturated carbocycles. The van der Waals surface area contributed by atoms with Crippen LogP contribution >= 0.6 is 15.8 Å². The Morgan fingerprint density at radius 3 is 0.950 bits per heavy atom. The van der Waals surface area contributed by atoms with E-state index in [2.05, 4.69) is 27.7 Å². The molecule has 0 aliphatic carbocycles. The third-order valence-corrected chi connectivity index (χ3v) is 10.1. The first-order valence-corrected chi connectivity index (χ1v) is 13.0. The zero-order valence-corrected chi connectivity index (χ0v) is 16.6. The highest BCUT2D eigenvalue weighted by Gasteiger charge is 2.07. The van der Waals surface area contributed by atoms with Crippen LogP contribution in [0.5, 0.6) is 0 Å². The minimum atomic E-state index is 0.398. The van der Waals surface area contributed by atoms with Gasteiger partial charge in [-0.1, -0.05) is 66.2 Å². The molecule has 0 radical (unpaired) electrons. The van der Waals surface area contributed by atoms with Crippen molar-refractivity contribution in [1.82, 2.24) is 0 Å². The van der Waals surface area contributed by atoms with Gasteiger partial charge in [0.2, 0.25) is 0 Å². The predicted molar refractivity (Wildman–Crippen MR) is 103 cm³/mol. The summed E-state index contributed by atoms with van der Waals surface area (Å²) in [5.74, 6) is 0. The van der Waals surface area contributed by atoms with Gasteiger partial charge in [-0.05, 0) is 49.8 Å². The molecule has 0 N–H and O–H groups in total. The van der Waals surface area contributed by atoms with Crippen LogP contribution in [-0.4, -0.2) is 37.0 Å². The van der Waals surface area contributed by atoms with E-state index in [1.54, 1.807) is 12.3 Å². The van der Waals surface area contributed by atoms with Crippen molar-refractivity contribution in [3.05, 3.63) is 0 Å². The fourth-order valence-corrected chi connectivity index (χ4v) is 8.17. The third kappa shape index (κ3) is 12.6. The van der Waals surface area contributed by atoms with Crippen molar-refractivity contribution in [1.29, 1.82) is 0 Å². The lowest BCUT2D eigenvalue weighted by Crippen LogP contribution is -1.96. The highest BCUT2D eigenvalue weighted by molar-refractivity contribution is 7.57. The van der Waals surface area contributed by atoms with Crippen LogP contribution in [0.3, 0.4) is 0 Å². The van der Waals surface area contributed by atoms with Gasteiger partial charge >= 0.3 is 0 Å². The lowest BCUT2D eigenvalue weighted by Gasteiger charge is -2.17. The highest BCUT2D eigenvalue weighted by Crippen LogP contribution is 2.39. The van der Waals surface area contributed by atoms with Crippen LogP contribution < -0.4 is 0 Å². The van der Waals surface area contributed by atoms with Gasteiger partial charge in [0.25, 0.3) is 0 Å². The van der Waals surface area contributed by atoms with Crippen LogP contribution in [-0.2, 0) is 0 Å². The Labute approximate surface area is 132 Å². The van der Waals surface area contributed by atoms with Crippen molar-refractivity contribution >= 4 is 15.8 Å². The largest absolute Gasteiger partial charge is 0.107 e. The lowest BCUT2D eigenvalue weighted by atomic mass is 10.2. The predicted octanol–water partition coefficient (Wildman–Crippen LogP) is 7.15. The van der Waals surface area contributed by atoms with E-state index in [1.807, 2.05) is 0 Å². The Hall–Kier alpha value is 0.860. The summed E-state index contributed by atoms with van der Waals surface area (Å²) in [5, 5.41) is 0. The number of unbranched alkanes of at least 4 members (excludes halogenated alkanes) is 3. The zero-order valence-electron chi connectivity index (χ0n) is 14.8. The fourth-order valence-electron chi connectivity index (χ4n) is 2.96. The van der Waals surface area contributed by atoms with Gasteiger partial charge in [0.1, 0.15) is 0 Å².